The number of phenols is 1. The van der Waals surface area contributed by atoms with Gasteiger partial charge in [-0.15, -0.1) is 0 Å². The predicted molar refractivity (Wildman–Crippen MR) is 127 cm³/mol. The number of likely N-dealkylation sites (tertiary alicyclic amines) is 1. The van der Waals surface area contributed by atoms with Crippen LogP contribution >= 0.6 is 15.9 Å². The Bertz CT molecular complexity index is 1150. The molecule has 1 aliphatic rings. The van der Waals surface area contributed by atoms with Crippen LogP contribution in [0.2, 0.25) is 0 Å². The van der Waals surface area contributed by atoms with Crippen molar-refractivity contribution in [1.82, 2.24) is 9.80 Å². The van der Waals surface area contributed by atoms with E-state index >= 15 is 0 Å². The standard InChI is InChI=1S/C24H26BrFN2O6/c1-27(2)8-5-9-28-20(14-10-15(25)22(30)18(12-14)34-4)19(23(31)24(28)32)21(29)13-6-7-17(33-3)16(26)11-13/h6-7,10-12,20,29-30H,5,8-9H2,1-4H3/b21-19+. The van der Waals surface area contributed by atoms with E-state index in [1.807, 2.05) is 19.0 Å². The molecular formula is C24H26BrFN2O6. The lowest BCUT2D eigenvalue weighted by Crippen LogP contribution is -2.32. The van der Waals surface area contributed by atoms with Gasteiger partial charge in [-0.2, -0.15) is 0 Å². The number of carbonyl (C=O) groups is 2. The SMILES string of the molecule is COc1ccc(/C(O)=C2\C(=O)C(=O)N(CCCN(C)C)C2c2cc(Br)c(O)c(OC)c2)cc1F. The molecule has 1 unspecified atom stereocenters. The van der Waals surface area contributed by atoms with Gasteiger partial charge in [-0.1, -0.05) is 0 Å². The molecule has 1 atom stereocenters. The Labute approximate surface area is 205 Å². The molecule has 0 saturated carbocycles. The third-order valence-electron chi connectivity index (χ3n) is 5.56. The molecule has 3 rings (SSSR count). The van der Waals surface area contributed by atoms with Gasteiger partial charge in [0.1, 0.15) is 5.76 Å². The fraction of sp³-hybridized carbons (Fsp3) is 0.333. The van der Waals surface area contributed by atoms with Gasteiger partial charge in [0.2, 0.25) is 0 Å². The van der Waals surface area contributed by atoms with Crippen LogP contribution in [0.15, 0.2) is 40.4 Å². The second-order valence-corrected chi connectivity index (χ2v) is 8.91. The largest absolute Gasteiger partial charge is 0.507 e. The highest BCUT2D eigenvalue weighted by Crippen LogP contribution is 2.44. The number of amides is 1. The van der Waals surface area contributed by atoms with Crippen molar-refractivity contribution >= 4 is 33.4 Å². The number of Topliss-reactive ketones (excluding diaryl/α,β-unsaturated/α-hetero) is 1. The lowest BCUT2D eigenvalue weighted by molar-refractivity contribution is -0.139. The molecule has 1 fully saturated rings. The lowest BCUT2D eigenvalue weighted by atomic mass is 9.94. The molecule has 0 aliphatic carbocycles. The van der Waals surface area contributed by atoms with Gasteiger partial charge >= 0.3 is 0 Å². The predicted octanol–water partition coefficient (Wildman–Crippen LogP) is 3.68. The number of nitrogens with zero attached hydrogens (tertiary/aromatic N) is 2. The lowest BCUT2D eigenvalue weighted by Gasteiger charge is -2.26. The molecule has 1 saturated heterocycles. The molecule has 182 valence electrons. The van der Waals surface area contributed by atoms with E-state index in [-0.39, 0.29) is 39.4 Å². The van der Waals surface area contributed by atoms with Gasteiger partial charge in [0.25, 0.3) is 11.7 Å². The minimum Gasteiger partial charge on any atom is -0.507 e. The van der Waals surface area contributed by atoms with Crippen molar-refractivity contribution in [2.45, 2.75) is 12.5 Å². The third kappa shape index (κ3) is 4.88. The topological polar surface area (TPSA) is 99.5 Å². The van der Waals surface area contributed by atoms with Crippen LogP contribution in [0.4, 0.5) is 4.39 Å². The van der Waals surface area contributed by atoms with Crippen LogP contribution in [0.1, 0.15) is 23.6 Å². The molecule has 0 aromatic heterocycles. The molecule has 2 aromatic carbocycles. The van der Waals surface area contributed by atoms with E-state index in [9.17, 15) is 24.2 Å². The highest BCUT2D eigenvalue weighted by atomic mass is 79.9. The van der Waals surface area contributed by atoms with Gasteiger partial charge in [0.15, 0.2) is 23.1 Å². The molecule has 2 aromatic rings. The summed E-state index contributed by atoms with van der Waals surface area (Å²) in [4.78, 5) is 29.4. The van der Waals surface area contributed by atoms with Crippen molar-refractivity contribution in [1.29, 1.82) is 0 Å². The highest BCUT2D eigenvalue weighted by molar-refractivity contribution is 9.10. The molecule has 1 aliphatic heterocycles. The molecule has 10 heteroatoms. The summed E-state index contributed by atoms with van der Waals surface area (Å²) < 4.78 is 24.8. The number of ether oxygens (including phenoxy) is 2. The summed E-state index contributed by atoms with van der Waals surface area (Å²) in [6.45, 7) is 0.907. The van der Waals surface area contributed by atoms with Crippen LogP contribution in [0.5, 0.6) is 17.2 Å². The number of hydrogen-bond acceptors (Lipinski definition) is 7. The van der Waals surface area contributed by atoms with Crippen LogP contribution in [-0.4, -0.2) is 73.1 Å². The summed E-state index contributed by atoms with van der Waals surface area (Å²) >= 11 is 3.27. The molecule has 0 radical (unpaired) electrons. The van der Waals surface area contributed by atoms with E-state index in [0.717, 1.165) is 6.07 Å². The maximum atomic E-state index is 14.3. The zero-order valence-corrected chi connectivity index (χ0v) is 20.8. The molecule has 2 N–H and O–H groups in total. The van der Waals surface area contributed by atoms with Gasteiger partial charge < -0.3 is 29.5 Å². The Morgan fingerprint density at radius 1 is 1.15 bits per heavy atom. The van der Waals surface area contributed by atoms with Crippen LogP contribution in [0, 0.1) is 5.82 Å². The average Bonchev–Trinajstić information content (AvgIpc) is 3.05. The maximum absolute atomic E-state index is 14.3. The number of phenolic OH excluding ortho intramolecular Hbond substituents is 1. The summed E-state index contributed by atoms with van der Waals surface area (Å²) in [5.41, 5.74) is 0.277. The monoisotopic (exact) mass is 536 g/mol. The zero-order valence-electron chi connectivity index (χ0n) is 19.3. The zero-order chi connectivity index (χ0) is 25.2. The second kappa shape index (κ2) is 10.4. The van der Waals surface area contributed by atoms with E-state index < -0.39 is 29.3 Å². The van der Waals surface area contributed by atoms with Crippen molar-refractivity contribution in [3.8, 4) is 17.2 Å². The molecule has 0 bridgehead atoms. The summed E-state index contributed by atoms with van der Waals surface area (Å²) in [6.07, 6.45) is 0.574. The minimum atomic E-state index is -0.974. The van der Waals surface area contributed by atoms with Gasteiger partial charge in [-0.3, -0.25) is 9.59 Å². The Morgan fingerprint density at radius 3 is 2.41 bits per heavy atom. The van der Waals surface area contributed by atoms with E-state index in [2.05, 4.69) is 15.9 Å². The van der Waals surface area contributed by atoms with Crippen molar-refractivity contribution in [2.75, 3.05) is 41.4 Å². The van der Waals surface area contributed by atoms with Crippen molar-refractivity contribution in [2.24, 2.45) is 0 Å². The Hall–Kier alpha value is -3.11. The number of aliphatic hydroxyl groups is 1. The molecule has 34 heavy (non-hydrogen) atoms. The number of carbonyl (C=O) groups excluding carboxylic acids is 2. The molecule has 8 nitrogen and oxygen atoms in total. The van der Waals surface area contributed by atoms with E-state index in [1.54, 1.807) is 6.07 Å². The first-order valence-corrected chi connectivity index (χ1v) is 11.2. The summed E-state index contributed by atoms with van der Waals surface area (Å²) in [6, 6.07) is 5.84. The van der Waals surface area contributed by atoms with E-state index in [0.29, 0.717) is 18.5 Å². The van der Waals surface area contributed by atoms with Crippen LogP contribution < -0.4 is 9.47 Å². The summed E-state index contributed by atoms with van der Waals surface area (Å²) in [5.74, 6) is -2.94. The van der Waals surface area contributed by atoms with Crippen molar-refractivity contribution in [3.63, 3.8) is 0 Å². The fourth-order valence-electron chi connectivity index (χ4n) is 3.89. The smallest absolute Gasteiger partial charge is 0.295 e. The normalized spacial score (nSPS) is 17.5. The minimum absolute atomic E-state index is 0.0237. The van der Waals surface area contributed by atoms with Crippen LogP contribution in [0.25, 0.3) is 5.76 Å². The number of methoxy groups -OCH3 is 2. The molecular weight excluding hydrogens is 511 g/mol. The number of benzene rings is 2. The first kappa shape index (κ1) is 25.5. The van der Waals surface area contributed by atoms with Gasteiger partial charge in [0.05, 0.1) is 30.3 Å². The average molecular weight is 537 g/mol. The number of halogens is 2. The van der Waals surface area contributed by atoms with E-state index in [1.165, 1.54) is 37.3 Å². The Kier molecular flexibility index (Phi) is 7.83. The maximum Gasteiger partial charge on any atom is 0.295 e. The number of ketones is 1. The van der Waals surface area contributed by atoms with Crippen molar-refractivity contribution in [3.05, 3.63) is 57.3 Å². The van der Waals surface area contributed by atoms with Gasteiger partial charge in [0, 0.05) is 12.1 Å². The Morgan fingerprint density at radius 2 is 1.82 bits per heavy atom. The van der Waals surface area contributed by atoms with Crippen LogP contribution in [0.3, 0.4) is 0 Å². The Balaban J connectivity index is 2.19. The number of aliphatic hydroxyl groups excluding tert-OH is 1. The highest BCUT2D eigenvalue weighted by Gasteiger charge is 2.46. The van der Waals surface area contributed by atoms with Crippen LogP contribution in [-0.2, 0) is 9.59 Å². The van der Waals surface area contributed by atoms with Crippen molar-refractivity contribution < 1.29 is 33.7 Å². The first-order valence-electron chi connectivity index (χ1n) is 10.4. The second-order valence-electron chi connectivity index (χ2n) is 8.05. The number of rotatable bonds is 8. The first-order chi connectivity index (χ1) is 16.1. The number of hydrogen-bond donors (Lipinski definition) is 2. The summed E-state index contributed by atoms with van der Waals surface area (Å²) in [7, 11) is 6.48. The quantitative estimate of drug-likeness (QED) is 0.301. The van der Waals surface area contributed by atoms with Gasteiger partial charge in [-0.25, -0.2) is 4.39 Å². The molecule has 1 heterocycles. The van der Waals surface area contributed by atoms with Gasteiger partial charge in [-0.05, 0) is 78.9 Å². The molecule has 0 spiro atoms. The third-order valence-corrected chi connectivity index (χ3v) is 6.16. The van der Waals surface area contributed by atoms with E-state index in [4.69, 9.17) is 9.47 Å². The number of aromatic hydroxyl groups is 1. The fourth-order valence-corrected chi connectivity index (χ4v) is 4.35. The summed E-state index contributed by atoms with van der Waals surface area (Å²) in [5, 5.41) is 21.3. The molecule has 1 amide bonds.